The molecule has 0 bridgehead atoms. The van der Waals surface area contributed by atoms with E-state index >= 15 is 0 Å². The molecule has 3 N–H and O–H groups in total. The molecule has 5 rings (SSSR count). The smallest absolute Gasteiger partial charge is 0.272 e. The van der Waals surface area contributed by atoms with Crippen molar-refractivity contribution >= 4 is 46.9 Å². The Kier molecular flexibility index (Phi) is 11.2. The van der Waals surface area contributed by atoms with Crippen LogP contribution in [0.15, 0.2) is 144 Å². The van der Waals surface area contributed by atoms with Gasteiger partial charge in [-0.25, -0.2) is 0 Å². The van der Waals surface area contributed by atoms with Crippen LogP contribution >= 0.6 is 11.8 Å². The van der Waals surface area contributed by atoms with Gasteiger partial charge in [0.05, 0.1) is 12.4 Å². The Balaban J connectivity index is 1.32. The first-order valence-electron chi connectivity index (χ1n) is 15.2. The monoisotopic (exact) mass is 641 g/mol. The minimum absolute atomic E-state index is 0.0912. The maximum atomic E-state index is 13.7. The summed E-state index contributed by atoms with van der Waals surface area (Å²) in [5.41, 5.74) is 4.58. The normalized spacial score (nSPS) is 11.7. The van der Waals surface area contributed by atoms with Crippen molar-refractivity contribution in [2.24, 2.45) is 0 Å². The lowest BCUT2D eigenvalue weighted by Crippen LogP contribution is -2.30. The van der Waals surface area contributed by atoms with E-state index in [0.29, 0.717) is 29.1 Å². The van der Waals surface area contributed by atoms with Gasteiger partial charge in [-0.1, -0.05) is 91.9 Å². The molecular weight excluding hydrogens is 607 g/mol. The minimum Gasteiger partial charge on any atom is -0.497 e. The number of nitrogens with one attached hydrogen (secondary N) is 3. The predicted octanol–water partition coefficient (Wildman–Crippen LogP) is 8.28. The van der Waals surface area contributed by atoms with Gasteiger partial charge in [-0.05, 0) is 71.7 Å². The number of methoxy groups -OCH3 is 1. The molecule has 0 aliphatic rings. The first kappa shape index (κ1) is 32.8. The highest BCUT2D eigenvalue weighted by Gasteiger charge is 2.20. The fourth-order valence-corrected chi connectivity index (χ4v) is 5.78. The summed E-state index contributed by atoms with van der Waals surface area (Å²) in [5.74, 6) is -0.353. The van der Waals surface area contributed by atoms with Crippen molar-refractivity contribution in [2.45, 2.75) is 23.5 Å². The summed E-state index contributed by atoms with van der Waals surface area (Å²) in [6.45, 7) is 1.95. The minimum atomic E-state index is -0.480. The first-order valence-corrected chi connectivity index (χ1v) is 16.1. The third kappa shape index (κ3) is 9.22. The lowest BCUT2D eigenvalue weighted by molar-refractivity contribution is -0.116. The molecule has 0 saturated heterocycles. The Morgan fingerprint density at radius 2 is 1.36 bits per heavy atom. The molecule has 236 valence electrons. The first-order chi connectivity index (χ1) is 22.9. The number of benzene rings is 5. The molecule has 0 spiro atoms. The van der Waals surface area contributed by atoms with Crippen LogP contribution in [0.1, 0.15) is 29.3 Å². The molecule has 3 amide bonds. The van der Waals surface area contributed by atoms with Crippen molar-refractivity contribution in [1.82, 2.24) is 5.32 Å². The molecule has 0 saturated carbocycles. The van der Waals surface area contributed by atoms with Gasteiger partial charge < -0.3 is 20.7 Å². The quantitative estimate of drug-likeness (QED) is 0.0941. The molecule has 0 aliphatic heterocycles. The van der Waals surface area contributed by atoms with Crippen LogP contribution in [0.2, 0.25) is 0 Å². The summed E-state index contributed by atoms with van der Waals surface area (Å²) in [5, 5.41) is 8.30. The molecule has 8 heteroatoms. The molecule has 0 fully saturated rings. The maximum absolute atomic E-state index is 13.7. The van der Waals surface area contributed by atoms with Gasteiger partial charge in [0.2, 0.25) is 5.91 Å². The number of thioether (sulfide) groups is 1. The highest BCUT2D eigenvalue weighted by molar-refractivity contribution is 8.00. The van der Waals surface area contributed by atoms with Crippen molar-refractivity contribution in [1.29, 1.82) is 0 Å². The largest absolute Gasteiger partial charge is 0.497 e. The Labute approximate surface area is 279 Å². The Hall–Kier alpha value is -5.60. The third-order valence-electron chi connectivity index (χ3n) is 7.23. The lowest BCUT2D eigenvalue weighted by atomic mass is 10.0. The van der Waals surface area contributed by atoms with Crippen molar-refractivity contribution in [3.8, 4) is 16.9 Å². The molecule has 1 atom stereocenters. The fraction of sp³-hybridized carbons (Fsp3) is 0.103. The molecule has 0 aromatic heterocycles. The van der Waals surface area contributed by atoms with Gasteiger partial charge in [-0.15, -0.1) is 11.8 Å². The molecule has 5 aromatic rings. The Morgan fingerprint density at radius 1 is 0.723 bits per heavy atom. The van der Waals surface area contributed by atoms with E-state index in [4.69, 9.17) is 4.74 Å². The summed E-state index contributed by atoms with van der Waals surface area (Å²) in [7, 11) is 1.58. The maximum Gasteiger partial charge on any atom is 0.272 e. The van der Waals surface area contributed by atoms with Gasteiger partial charge >= 0.3 is 0 Å². The second-order valence-electron chi connectivity index (χ2n) is 10.6. The van der Waals surface area contributed by atoms with Crippen molar-refractivity contribution < 1.29 is 19.1 Å². The number of ether oxygens (including phenoxy) is 1. The molecular formula is C39H35N3O4S. The number of hydrogen-bond donors (Lipinski definition) is 3. The zero-order valence-corrected chi connectivity index (χ0v) is 26.9. The Morgan fingerprint density at radius 3 is 2.04 bits per heavy atom. The van der Waals surface area contributed by atoms with E-state index in [1.807, 2.05) is 104 Å². The van der Waals surface area contributed by atoms with Gasteiger partial charge in [0.25, 0.3) is 11.8 Å². The topological polar surface area (TPSA) is 96.5 Å². The third-order valence-corrected chi connectivity index (χ3v) is 8.59. The summed E-state index contributed by atoms with van der Waals surface area (Å²) < 4.78 is 5.26. The zero-order chi connectivity index (χ0) is 33.0. The summed E-state index contributed by atoms with van der Waals surface area (Å²) in [4.78, 5) is 40.7. The molecule has 0 aliphatic carbocycles. The number of carbonyl (C=O) groups excluding carboxylic acids is 3. The summed E-state index contributed by atoms with van der Waals surface area (Å²) >= 11 is 1.41. The highest BCUT2D eigenvalue weighted by Crippen LogP contribution is 2.29. The Bertz CT molecular complexity index is 1860. The second-order valence-corrected chi connectivity index (χ2v) is 11.9. The van der Waals surface area contributed by atoms with Gasteiger partial charge in [0.1, 0.15) is 11.4 Å². The van der Waals surface area contributed by atoms with Crippen molar-refractivity contribution in [2.75, 3.05) is 17.7 Å². The van der Waals surface area contributed by atoms with Crippen LogP contribution in [-0.2, 0) is 9.59 Å². The number of hydrogen-bond acceptors (Lipinski definition) is 5. The standard InChI is InChI=1S/C39H35N3O4S/c1-3-36(39(45)41-31-16-10-18-33(25-31)46-2)47-34-19-11-17-32(26-34)40-38(44)35(42-37(43)30-14-8-5-9-15-30)24-27-20-22-29(23-21-27)28-12-6-4-7-13-28/h4-26,36H,3H2,1-2H3,(H,40,44)(H,41,45)(H,42,43)/b35-24+. The van der Waals surface area contributed by atoms with Crippen LogP contribution in [-0.4, -0.2) is 30.1 Å². The van der Waals surface area contributed by atoms with E-state index in [0.717, 1.165) is 21.6 Å². The van der Waals surface area contributed by atoms with E-state index in [1.165, 1.54) is 11.8 Å². The molecule has 0 radical (unpaired) electrons. The predicted molar refractivity (Wildman–Crippen MR) is 190 cm³/mol. The van der Waals surface area contributed by atoms with Crippen molar-refractivity contribution in [3.63, 3.8) is 0 Å². The fourth-order valence-electron chi connectivity index (χ4n) is 4.77. The van der Waals surface area contributed by atoms with Crippen LogP contribution in [0, 0.1) is 0 Å². The van der Waals surface area contributed by atoms with Crippen LogP contribution < -0.4 is 20.7 Å². The van der Waals surface area contributed by atoms with Gasteiger partial charge in [-0.3, -0.25) is 14.4 Å². The molecule has 47 heavy (non-hydrogen) atoms. The van der Waals surface area contributed by atoms with Gasteiger partial charge in [-0.2, -0.15) is 0 Å². The van der Waals surface area contributed by atoms with Crippen LogP contribution in [0.25, 0.3) is 17.2 Å². The molecule has 5 aromatic carbocycles. The summed E-state index contributed by atoms with van der Waals surface area (Å²) in [6, 6.07) is 41.0. The SMILES string of the molecule is CCC(Sc1cccc(NC(=O)/C(=C\c2ccc(-c3ccccc3)cc2)NC(=O)c2ccccc2)c1)C(=O)Nc1cccc(OC)c1. The number of rotatable bonds is 12. The van der Waals surface area contributed by atoms with Gasteiger partial charge in [0, 0.05) is 27.9 Å². The molecule has 7 nitrogen and oxygen atoms in total. The lowest BCUT2D eigenvalue weighted by Gasteiger charge is -2.16. The van der Waals surface area contributed by atoms with Gasteiger partial charge in [0.15, 0.2) is 0 Å². The van der Waals surface area contributed by atoms with Crippen molar-refractivity contribution in [3.05, 3.63) is 150 Å². The number of amides is 3. The molecule has 1 unspecified atom stereocenters. The highest BCUT2D eigenvalue weighted by atomic mass is 32.2. The van der Waals surface area contributed by atoms with E-state index in [2.05, 4.69) is 16.0 Å². The van der Waals surface area contributed by atoms with E-state index in [1.54, 1.807) is 49.6 Å². The van der Waals surface area contributed by atoms with E-state index in [-0.39, 0.29) is 16.9 Å². The number of anilines is 2. The van der Waals surface area contributed by atoms with E-state index in [9.17, 15) is 14.4 Å². The molecule has 0 heterocycles. The van der Waals surface area contributed by atoms with Crippen LogP contribution in [0.3, 0.4) is 0 Å². The average Bonchev–Trinajstić information content (AvgIpc) is 3.11. The zero-order valence-electron chi connectivity index (χ0n) is 26.1. The number of carbonyl (C=O) groups is 3. The summed E-state index contributed by atoms with van der Waals surface area (Å²) in [6.07, 6.45) is 2.25. The second kappa shape index (κ2) is 16.1. The van der Waals surface area contributed by atoms with E-state index < -0.39 is 11.8 Å². The van der Waals surface area contributed by atoms with Crippen LogP contribution in [0.5, 0.6) is 5.75 Å². The average molecular weight is 642 g/mol. The van der Waals surface area contributed by atoms with Crippen LogP contribution in [0.4, 0.5) is 11.4 Å².